The molecule has 2 amide bonds. The van der Waals surface area contributed by atoms with Gasteiger partial charge in [0, 0.05) is 17.3 Å². The van der Waals surface area contributed by atoms with Gasteiger partial charge in [-0.05, 0) is 48.7 Å². The SMILES string of the molecule is Cc1sc(NC(=O)Cc2ccc3c(c2)OCO3)nc1C1=CC2CCN(C(=O)c3ccccc3F)C2C=C1. The molecule has 37 heavy (non-hydrogen) atoms. The lowest BCUT2D eigenvalue weighted by molar-refractivity contribution is -0.115. The number of rotatable bonds is 5. The van der Waals surface area contributed by atoms with Gasteiger partial charge in [-0.2, -0.15) is 0 Å². The summed E-state index contributed by atoms with van der Waals surface area (Å²) in [5.41, 5.74) is 2.71. The first-order chi connectivity index (χ1) is 18.0. The van der Waals surface area contributed by atoms with Gasteiger partial charge in [0.1, 0.15) is 5.82 Å². The minimum absolute atomic E-state index is 0.0998. The molecule has 6 rings (SSSR count). The summed E-state index contributed by atoms with van der Waals surface area (Å²) < 4.78 is 24.9. The molecule has 2 aliphatic heterocycles. The zero-order valence-electron chi connectivity index (χ0n) is 20.1. The summed E-state index contributed by atoms with van der Waals surface area (Å²) in [5.74, 6) is 0.504. The number of hydrogen-bond donors (Lipinski definition) is 1. The summed E-state index contributed by atoms with van der Waals surface area (Å²) >= 11 is 1.43. The monoisotopic (exact) mass is 517 g/mol. The van der Waals surface area contributed by atoms with Crippen LogP contribution in [-0.4, -0.2) is 41.1 Å². The molecule has 0 radical (unpaired) electrons. The number of hydrogen-bond acceptors (Lipinski definition) is 6. The number of ether oxygens (including phenoxy) is 2. The molecule has 2 atom stereocenters. The molecule has 2 unspecified atom stereocenters. The first kappa shape index (κ1) is 23.4. The Morgan fingerprint density at radius 1 is 1.19 bits per heavy atom. The summed E-state index contributed by atoms with van der Waals surface area (Å²) in [4.78, 5) is 33.1. The van der Waals surface area contributed by atoms with Crippen LogP contribution in [-0.2, 0) is 11.2 Å². The summed E-state index contributed by atoms with van der Waals surface area (Å²) in [7, 11) is 0. The Hall–Kier alpha value is -3.98. The van der Waals surface area contributed by atoms with Gasteiger partial charge >= 0.3 is 0 Å². The second kappa shape index (κ2) is 9.48. The molecule has 3 aromatic rings. The zero-order chi connectivity index (χ0) is 25.5. The fourth-order valence-electron chi connectivity index (χ4n) is 5.06. The normalized spacial score (nSPS) is 19.5. The third-order valence-corrected chi connectivity index (χ3v) is 7.74. The van der Waals surface area contributed by atoms with E-state index in [4.69, 9.17) is 14.5 Å². The number of allylic oxidation sites excluding steroid dienone is 2. The third kappa shape index (κ3) is 4.51. The maximum absolute atomic E-state index is 14.2. The average molecular weight is 518 g/mol. The number of amides is 2. The van der Waals surface area contributed by atoms with Crippen molar-refractivity contribution in [3.05, 3.63) is 88.2 Å². The predicted molar refractivity (Wildman–Crippen MR) is 138 cm³/mol. The van der Waals surface area contributed by atoms with Crippen molar-refractivity contribution >= 4 is 33.9 Å². The van der Waals surface area contributed by atoms with E-state index >= 15 is 0 Å². The molecule has 0 bridgehead atoms. The first-order valence-electron chi connectivity index (χ1n) is 12.1. The van der Waals surface area contributed by atoms with Crippen LogP contribution in [0.15, 0.2) is 60.7 Å². The van der Waals surface area contributed by atoms with Crippen molar-refractivity contribution in [1.29, 1.82) is 0 Å². The minimum atomic E-state index is -0.502. The number of nitrogens with one attached hydrogen (secondary N) is 1. The number of fused-ring (bicyclic) bond motifs is 2. The number of nitrogens with zero attached hydrogens (tertiary/aromatic N) is 2. The van der Waals surface area contributed by atoms with Gasteiger partial charge in [-0.15, -0.1) is 11.3 Å². The van der Waals surface area contributed by atoms with Crippen molar-refractivity contribution in [3.63, 3.8) is 0 Å². The Balaban J connectivity index is 1.13. The molecule has 0 spiro atoms. The number of aryl methyl sites for hydroxylation is 1. The van der Waals surface area contributed by atoms with Crippen molar-refractivity contribution in [2.75, 3.05) is 18.7 Å². The van der Waals surface area contributed by atoms with Gasteiger partial charge in [0.25, 0.3) is 5.91 Å². The molecular formula is C28H24FN3O4S. The van der Waals surface area contributed by atoms with Crippen LogP contribution in [0.5, 0.6) is 11.5 Å². The third-order valence-electron chi connectivity index (χ3n) is 6.85. The predicted octanol–water partition coefficient (Wildman–Crippen LogP) is 4.98. The lowest BCUT2D eigenvalue weighted by atomic mass is 9.90. The molecule has 2 aromatic carbocycles. The van der Waals surface area contributed by atoms with E-state index in [1.165, 1.54) is 23.5 Å². The number of carbonyl (C=O) groups is 2. The highest BCUT2D eigenvalue weighted by Gasteiger charge is 2.37. The fourth-order valence-corrected chi connectivity index (χ4v) is 5.91. The van der Waals surface area contributed by atoms with Crippen LogP contribution in [0.25, 0.3) is 5.57 Å². The molecule has 9 heteroatoms. The molecule has 188 valence electrons. The number of benzene rings is 2. The molecule has 3 heterocycles. The van der Waals surface area contributed by atoms with Gasteiger partial charge in [-0.25, -0.2) is 9.37 Å². The van der Waals surface area contributed by atoms with Crippen LogP contribution in [0.1, 0.15) is 32.9 Å². The molecule has 1 fully saturated rings. The highest BCUT2D eigenvalue weighted by molar-refractivity contribution is 7.15. The Labute approximate surface area is 217 Å². The van der Waals surface area contributed by atoms with Crippen molar-refractivity contribution < 1.29 is 23.5 Å². The number of likely N-dealkylation sites (tertiary alicyclic amines) is 1. The Morgan fingerprint density at radius 2 is 2.03 bits per heavy atom. The molecule has 1 aromatic heterocycles. The van der Waals surface area contributed by atoms with E-state index in [1.54, 1.807) is 23.1 Å². The summed E-state index contributed by atoms with van der Waals surface area (Å²) in [5, 5.41) is 3.45. The van der Waals surface area contributed by atoms with Crippen molar-refractivity contribution in [2.24, 2.45) is 5.92 Å². The van der Waals surface area contributed by atoms with E-state index in [0.717, 1.165) is 28.1 Å². The summed E-state index contributed by atoms with van der Waals surface area (Å²) in [6, 6.07) is 11.5. The lowest BCUT2D eigenvalue weighted by Gasteiger charge is -2.27. The standard InChI is InChI=1S/C28H24FN3O4S/c1-16-26(31-28(37-16)30-25(33)13-17-6-9-23-24(12-17)36-15-35-23)19-7-8-22-18(14-19)10-11-32(22)27(34)20-4-2-3-5-21(20)29/h2-9,12,14,18,22H,10-11,13,15H2,1H3,(H,30,31,33). The van der Waals surface area contributed by atoms with E-state index in [2.05, 4.69) is 11.4 Å². The number of carbonyl (C=O) groups excluding carboxylic acids is 2. The molecule has 7 nitrogen and oxygen atoms in total. The van der Waals surface area contributed by atoms with Gasteiger partial charge in [0.15, 0.2) is 16.6 Å². The summed E-state index contributed by atoms with van der Waals surface area (Å²) in [6.45, 7) is 2.73. The van der Waals surface area contributed by atoms with Crippen LogP contribution in [0.2, 0.25) is 0 Å². The molecule has 3 aliphatic rings. The molecule has 1 aliphatic carbocycles. The van der Waals surface area contributed by atoms with Crippen LogP contribution in [0.3, 0.4) is 0 Å². The lowest BCUT2D eigenvalue weighted by Crippen LogP contribution is -2.37. The van der Waals surface area contributed by atoms with E-state index in [9.17, 15) is 14.0 Å². The van der Waals surface area contributed by atoms with E-state index in [-0.39, 0.29) is 42.6 Å². The van der Waals surface area contributed by atoms with E-state index in [1.807, 2.05) is 31.2 Å². The smallest absolute Gasteiger partial charge is 0.257 e. The number of thiazole rings is 1. The number of anilines is 1. The Bertz CT molecular complexity index is 1460. The fraction of sp³-hybridized carbons (Fsp3) is 0.250. The van der Waals surface area contributed by atoms with Crippen LogP contribution in [0.4, 0.5) is 9.52 Å². The molecular weight excluding hydrogens is 493 g/mol. The van der Waals surface area contributed by atoms with E-state index < -0.39 is 5.82 Å². The zero-order valence-corrected chi connectivity index (χ0v) is 20.9. The van der Waals surface area contributed by atoms with Crippen LogP contribution in [0, 0.1) is 18.7 Å². The van der Waals surface area contributed by atoms with E-state index in [0.29, 0.717) is 23.2 Å². The largest absolute Gasteiger partial charge is 0.454 e. The minimum Gasteiger partial charge on any atom is -0.454 e. The summed E-state index contributed by atoms with van der Waals surface area (Å²) in [6.07, 6.45) is 7.10. The molecule has 0 saturated carbocycles. The molecule has 1 N–H and O–H groups in total. The first-order valence-corrected chi connectivity index (χ1v) is 12.9. The second-order valence-electron chi connectivity index (χ2n) is 9.24. The van der Waals surface area contributed by atoms with Crippen molar-refractivity contribution in [1.82, 2.24) is 9.88 Å². The highest BCUT2D eigenvalue weighted by atomic mass is 32.1. The number of halogens is 1. The van der Waals surface area contributed by atoms with Crippen molar-refractivity contribution in [3.8, 4) is 11.5 Å². The quantitative estimate of drug-likeness (QED) is 0.516. The average Bonchev–Trinajstić information content (AvgIpc) is 3.61. The van der Waals surface area contributed by atoms with Crippen molar-refractivity contribution in [2.45, 2.75) is 25.8 Å². The highest BCUT2D eigenvalue weighted by Crippen LogP contribution is 2.37. The van der Waals surface area contributed by atoms with Crippen LogP contribution < -0.4 is 14.8 Å². The van der Waals surface area contributed by atoms with Gasteiger partial charge in [-0.1, -0.05) is 36.4 Å². The topological polar surface area (TPSA) is 80.8 Å². The molecule has 1 saturated heterocycles. The van der Waals surface area contributed by atoms with Gasteiger partial charge < -0.3 is 19.7 Å². The van der Waals surface area contributed by atoms with Crippen LogP contribution >= 0.6 is 11.3 Å². The Kier molecular flexibility index (Phi) is 6.00. The number of aromatic nitrogens is 1. The van der Waals surface area contributed by atoms with Gasteiger partial charge in [0.2, 0.25) is 12.7 Å². The maximum Gasteiger partial charge on any atom is 0.257 e. The maximum atomic E-state index is 14.2. The second-order valence-corrected chi connectivity index (χ2v) is 10.4. The van der Waals surface area contributed by atoms with Gasteiger partial charge in [0.05, 0.1) is 23.7 Å². The Morgan fingerprint density at radius 3 is 2.89 bits per heavy atom. The van der Waals surface area contributed by atoms with Gasteiger partial charge in [-0.3, -0.25) is 9.59 Å².